The summed E-state index contributed by atoms with van der Waals surface area (Å²) in [5.74, 6) is 0.615. The number of aromatic nitrogens is 1. The number of rotatable bonds is 2. The fourth-order valence-electron chi connectivity index (χ4n) is 3.84. The van der Waals surface area contributed by atoms with Gasteiger partial charge < -0.3 is 16.8 Å². The standard InChI is InChI=1S/C25H24N8/c1-25(2,3)17-10-8-15(9-11-17)14-4-6-16(7-5-14)21-19-20(28)18(12-26)22(29)32-23(19)33-24(31-21)30-13-27/h4-11,21H,1-3H3,(H6,28,29,30,31,32,33). The maximum atomic E-state index is 9.46. The SMILES string of the molecule is CC(C)(C)c1ccc(-c2ccc(C3N=C(NC#N)Nc4nc(N)c(C#N)c(N)c43)cc2)cc1. The molecule has 8 nitrogen and oxygen atoms in total. The molecule has 2 heterocycles. The highest BCUT2D eigenvalue weighted by Gasteiger charge is 2.29. The lowest BCUT2D eigenvalue weighted by atomic mass is 9.86. The molecular formula is C25H24N8. The first-order valence-corrected chi connectivity index (χ1v) is 10.4. The van der Waals surface area contributed by atoms with Gasteiger partial charge in [-0.3, -0.25) is 5.32 Å². The Kier molecular flexibility index (Phi) is 5.37. The van der Waals surface area contributed by atoms with Crippen LogP contribution in [-0.4, -0.2) is 10.9 Å². The van der Waals surface area contributed by atoms with Gasteiger partial charge in [-0.25, -0.2) is 9.98 Å². The van der Waals surface area contributed by atoms with Crippen molar-refractivity contribution in [3.8, 4) is 23.4 Å². The highest BCUT2D eigenvalue weighted by atomic mass is 15.2. The third-order valence-corrected chi connectivity index (χ3v) is 5.67. The van der Waals surface area contributed by atoms with Gasteiger partial charge in [-0.05, 0) is 27.7 Å². The van der Waals surface area contributed by atoms with E-state index in [-0.39, 0.29) is 28.4 Å². The van der Waals surface area contributed by atoms with Gasteiger partial charge in [-0.2, -0.15) is 10.5 Å². The number of hydrogen-bond donors (Lipinski definition) is 4. The maximum Gasteiger partial charge on any atom is 0.211 e. The number of nitrogen functional groups attached to an aromatic ring is 2. The van der Waals surface area contributed by atoms with Crippen molar-refractivity contribution in [2.45, 2.75) is 32.2 Å². The number of nitrogens with one attached hydrogen (secondary N) is 2. The summed E-state index contributed by atoms with van der Waals surface area (Å²) in [6, 6.07) is 17.9. The Morgan fingerprint density at radius 1 is 0.970 bits per heavy atom. The van der Waals surface area contributed by atoms with E-state index in [1.54, 1.807) is 0 Å². The zero-order valence-corrected chi connectivity index (χ0v) is 18.6. The number of pyridine rings is 1. The van der Waals surface area contributed by atoms with Crippen LogP contribution in [0.4, 0.5) is 17.3 Å². The van der Waals surface area contributed by atoms with Crippen LogP contribution in [0, 0.1) is 22.8 Å². The van der Waals surface area contributed by atoms with E-state index in [1.807, 2.05) is 36.5 Å². The first kappa shape index (κ1) is 21.7. The average Bonchev–Trinajstić information content (AvgIpc) is 2.78. The molecule has 8 heteroatoms. The molecule has 2 aromatic carbocycles. The van der Waals surface area contributed by atoms with E-state index in [0.717, 1.165) is 16.7 Å². The number of nitrogens with zero attached hydrogens (tertiary/aromatic N) is 4. The molecule has 0 radical (unpaired) electrons. The van der Waals surface area contributed by atoms with Crippen molar-refractivity contribution in [3.05, 3.63) is 70.8 Å². The van der Waals surface area contributed by atoms with Gasteiger partial charge in [-0.1, -0.05) is 69.3 Å². The summed E-state index contributed by atoms with van der Waals surface area (Å²) < 4.78 is 0. The monoisotopic (exact) mass is 436 g/mol. The lowest BCUT2D eigenvalue weighted by molar-refractivity contribution is 0.590. The van der Waals surface area contributed by atoms with Crippen molar-refractivity contribution in [3.63, 3.8) is 0 Å². The van der Waals surface area contributed by atoms with Gasteiger partial charge >= 0.3 is 0 Å². The Balaban J connectivity index is 1.75. The number of nitriles is 2. The third kappa shape index (κ3) is 4.02. The minimum atomic E-state index is -0.561. The Labute approximate surface area is 192 Å². The van der Waals surface area contributed by atoms with E-state index in [4.69, 9.17) is 16.7 Å². The van der Waals surface area contributed by atoms with Crippen LogP contribution in [0.5, 0.6) is 0 Å². The van der Waals surface area contributed by atoms with Crippen LogP contribution in [-0.2, 0) is 5.41 Å². The van der Waals surface area contributed by atoms with E-state index in [9.17, 15) is 5.26 Å². The molecule has 1 aromatic heterocycles. The van der Waals surface area contributed by atoms with Gasteiger partial charge in [0.15, 0.2) is 6.19 Å². The Morgan fingerprint density at radius 2 is 1.58 bits per heavy atom. The van der Waals surface area contributed by atoms with Crippen molar-refractivity contribution in [1.82, 2.24) is 10.3 Å². The summed E-state index contributed by atoms with van der Waals surface area (Å²) in [5, 5.41) is 23.9. The number of fused-ring (bicyclic) bond motifs is 1. The van der Waals surface area contributed by atoms with Crippen molar-refractivity contribution in [1.29, 1.82) is 10.5 Å². The highest BCUT2D eigenvalue weighted by Crippen LogP contribution is 2.40. The van der Waals surface area contributed by atoms with Gasteiger partial charge in [-0.15, -0.1) is 0 Å². The fraction of sp³-hybridized carbons (Fsp3) is 0.200. The molecule has 0 aliphatic carbocycles. The topological polar surface area (TPSA) is 149 Å². The largest absolute Gasteiger partial charge is 0.397 e. The fourth-order valence-corrected chi connectivity index (χ4v) is 3.84. The normalized spacial score (nSPS) is 14.8. The van der Waals surface area contributed by atoms with E-state index in [2.05, 4.69) is 65.6 Å². The number of guanidine groups is 1. The molecular weight excluding hydrogens is 412 g/mol. The number of anilines is 3. The lowest BCUT2D eigenvalue weighted by Crippen LogP contribution is -2.32. The van der Waals surface area contributed by atoms with Gasteiger partial charge in [0.05, 0.1) is 5.69 Å². The highest BCUT2D eigenvalue weighted by molar-refractivity contribution is 5.98. The summed E-state index contributed by atoms with van der Waals surface area (Å²) in [6.45, 7) is 6.57. The molecule has 1 aliphatic heterocycles. The van der Waals surface area contributed by atoms with Gasteiger partial charge in [0.25, 0.3) is 0 Å². The number of aliphatic imine (C=N–C) groups is 1. The first-order valence-electron chi connectivity index (χ1n) is 10.4. The zero-order chi connectivity index (χ0) is 23.8. The molecule has 3 aromatic rings. The summed E-state index contributed by atoms with van der Waals surface area (Å²) >= 11 is 0. The Bertz CT molecular complexity index is 1320. The van der Waals surface area contributed by atoms with E-state index < -0.39 is 6.04 Å². The van der Waals surface area contributed by atoms with Crippen LogP contribution in [0.1, 0.15) is 49.1 Å². The van der Waals surface area contributed by atoms with Crippen LogP contribution in [0.25, 0.3) is 11.1 Å². The van der Waals surface area contributed by atoms with Gasteiger partial charge in [0.2, 0.25) is 5.96 Å². The minimum absolute atomic E-state index is 0.0206. The number of nitrogens with two attached hydrogens (primary N) is 2. The van der Waals surface area contributed by atoms with Crippen LogP contribution >= 0.6 is 0 Å². The predicted molar refractivity (Wildman–Crippen MR) is 130 cm³/mol. The van der Waals surface area contributed by atoms with Crippen molar-refractivity contribution in [2.24, 2.45) is 4.99 Å². The molecule has 0 spiro atoms. The molecule has 4 rings (SSSR count). The summed E-state index contributed by atoms with van der Waals surface area (Å²) in [6.07, 6.45) is 1.85. The maximum absolute atomic E-state index is 9.46. The van der Waals surface area contributed by atoms with Crippen LogP contribution in [0.3, 0.4) is 0 Å². The van der Waals surface area contributed by atoms with Gasteiger partial charge in [0, 0.05) is 5.56 Å². The molecule has 1 unspecified atom stereocenters. The molecule has 6 N–H and O–H groups in total. The Hall–Kier alpha value is -4.56. The lowest BCUT2D eigenvalue weighted by Gasteiger charge is -2.26. The van der Waals surface area contributed by atoms with Crippen LogP contribution in [0.15, 0.2) is 53.5 Å². The second-order valence-electron chi connectivity index (χ2n) is 8.85. The van der Waals surface area contributed by atoms with Crippen LogP contribution in [0.2, 0.25) is 0 Å². The minimum Gasteiger partial charge on any atom is -0.397 e. The quantitative estimate of drug-likeness (QED) is 0.350. The van der Waals surface area contributed by atoms with Crippen molar-refractivity contribution >= 4 is 23.3 Å². The summed E-state index contributed by atoms with van der Waals surface area (Å²) in [5.41, 5.74) is 17.5. The van der Waals surface area contributed by atoms with Crippen molar-refractivity contribution in [2.75, 3.05) is 16.8 Å². The molecule has 164 valence electrons. The molecule has 0 bridgehead atoms. The molecule has 0 saturated carbocycles. The van der Waals surface area contributed by atoms with E-state index in [0.29, 0.717) is 11.4 Å². The number of hydrogen-bond acceptors (Lipinski definition) is 8. The summed E-state index contributed by atoms with van der Waals surface area (Å²) in [4.78, 5) is 8.87. The van der Waals surface area contributed by atoms with E-state index >= 15 is 0 Å². The van der Waals surface area contributed by atoms with E-state index in [1.165, 1.54) is 5.56 Å². The van der Waals surface area contributed by atoms with Crippen molar-refractivity contribution < 1.29 is 0 Å². The molecule has 0 fully saturated rings. The summed E-state index contributed by atoms with van der Waals surface area (Å²) in [7, 11) is 0. The Morgan fingerprint density at radius 3 is 2.12 bits per heavy atom. The molecule has 1 atom stereocenters. The first-order chi connectivity index (χ1) is 15.7. The smallest absolute Gasteiger partial charge is 0.211 e. The second kappa shape index (κ2) is 8.18. The predicted octanol–water partition coefficient (Wildman–Crippen LogP) is 4.02. The average molecular weight is 437 g/mol. The van der Waals surface area contributed by atoms with Gasteiger partial charge in [0.1, 0.15) is 29.3 Å². The molecule has 1 aliphatic rings. The molecule has 0 saturated heterocycles. The third-order valence-electron chi connectivity index (χ3n) is 5.67. The second-order valence-corrected chi connectivity index (χ2v) is 8.85. The zero-order valence-electron chi connectivity index (χ0n) is 18.6. The molecule has 33 heavy (non-hydrogen) atoms. The number of benzene rings is 2. The molecule has 0 amide bonds. The van der Waals surface area contributed by atoms with Crippen LogP contribution < -0.4 is 22.1 Å².